The number of rotatable bonds is 7. The molecule has 1 fully saturated rings. The van der Waals surface area contributed by atoms with E-state index in [9.17, 15) is 4.79 Å². The third kappa shape index (κ3) is 3.79. The molecule has 26 heavy (non-hydrogen) atoms. The molecule has 2 atom stereocenters. The summed E-state index contributed by atoms with van der Waals surface area (Å²) in [6.45, 7) is 0.512. The minimum Gasteiger partial charge on any atom is -0.494 e. The molecule has 1 aliphatic carbocycles. The molecular weight excluding hydrogens is 332 g/mol. The zero-order valence-electron chi connectivity index (χ0n) is 15.2. The van der Waals surface area contributed by atoms with E-state index in [1.807, 2.05) is 6.07 Å². The minimum absolute atomic E-state index is 0.325. The van der Waals surface area contributed by atoms with Gasteiger partial charge in [0.1, 0.15) is 5.56 Å². The van der Waals surface area contributed by atoms with Gasteiger partial charge in [0.15, 0.2) is 17.8 Å². The molecular formula is C20H24N2O4. The summed E-state index contributed by atoms with van der Waals surface area (Å²) in [6, 6.07) is 4.03. The largest absolute Gasteiger partial charge is 0.494 e. The Morgan fingerprint density at radius 3 is 2.73 bits per heavy atom. The van der Waals surface area contributed by atoms with Crippen LogP contribution in [-0.4, -0.2) is 37.1 Å². The highest BCUT2D eigenvalue weighted by molar-refractivity contribution is 5.83. The van der Waals surface area contributed by atoms with Crippen LogP contribution in [0.15, 0.2) is 30.7 Å². The topological polar surface area (TPSA) is 70.5 Å². The fourth-order valence-corrected chi connectivity index (χ4v) is 3.70. The molecule has 6 nitrogen and oxygen atoms in total. The number of ether oxygens (including phenoxy) is 3. The molecule has 0 amide bonds. The Balaban J connectivity index is 1.79. The van der Waals surface area contributed by atoms with E-state index in [0.717, 1.165) is 24.7 Å². The van der Waals surface area contributed by atoms with Gasteiger partial charge in [0.05, 0.1) is 33.2 Å². The summed E-state index contributed by atoms with van der Waals surface area (Å²) in [5.74, 6) is 2.22. The van der Waals surface area contributed by atoms with Gasteiger partial charge in [-0.3, -0.25) is 9.78 Å². The normalized spacial score (nSPS) is 19.6. The Bertz CT molecular complexity index is 750. The first-order valence-corrected chi connectivity index (χ1v) is 8.87. The van der Waals surface area contributed by atoms with Crippen LogP contribution in [0.3, 0.4) is 0 Å². The summed E-state index contributed by atoms with van der Waals surface area (Å²) in [5.41, 5.74) is 1.52. The van der Waals surface area contributed by atoms with Crippen molar-refractivity contribution in [2.24, 2.45) is 5.92 Å². The Morgan fingerprint density at radius 2 is 1.96 bits per heavy atom. The summed E-state index contributed by atoms with van der Waals surface area (Å²) >= 11 is 0. The van der Waals surface area contributed by atoms with E-state index in [4.69, 9.17) is 14.2 Å². The molecule has 0 spiro atoms. The van der Waals surface area contributed by atoms with Crippen LogP contribution in [0.2, 0.25) is 0 Å². The molecule has 0 N–H and O–H groups in total. The van der Waals surface area contributed by atoms with E-state index in [1.165, 1.54) is 26.1 Å². The van der Waals surface area contributed by atoms with Gasteiger partial charge in [-0.2, -0.15) is 0 Å². The lowest BCUT2D eigenvalue weighted by atomic mass is 9.76. The zero-order valence-corrected chi connectivity index (χ0v) is 15.2. The maximum Gasteiger partial charge on any atom is 0.216 e. The van der Waals surface area contributed by atoms with Gasteiger partial charge in [-0.15, -0.1) is 0 Å². The average molecular weight is 356 g/mol. The van der Waals surface area contributed by atoms with Crippen LogP contribution in [0.25, 0.3) is 0 Å². The average Bonchev–Trinajstić information content (AvgIpc) is 2.71. The number of carbonyl (C=O) groups excluding carboxylic acids is 1. The lowest BCUT2D eigenvalue weighted by Gasteiger charge is -2.32. The molecule has 2 unspecified atom stereocenters. The number of hydrogen-bond acceptors (Lipinski definition) is 6. The van der Waals surface area contributed by atoms with Crippen molar-refractivity contribution in [2.75, 3.05) is 20.8 Å². The molecule has 2 heterocycles. The molecule has 2 aromatic heterocycles. The van der Waals surface area contributed by atoms with E-state index < -0.39 is 0 Å². The van der Waals surface area contributed by atoms with Crippen LogP contribution in [0, 0.1) is 5.92 Å². The quantitative estimate of drug-likeness (QED) is 0.705. The van der Waals surface area contributed by atoms with Crippen molar-refractivity contribution >= 4 is 6.29 Å². The lowest BCUT2D eigenvalue weighted by Crippen LogP contribution is -2.24. The van der Waals surface area contributed by atoms with E-state index in [0.29, 0.717) is 41.4 Å². The van der Waals surface area contributed by atoms with Crippen LogP contribution in [0.1, 0.15) is 47.5 Å². The van der Waals surface area contributed by atoms with E-state index >= 15 is 0 Å². The molecule has 0 radical (unpaired) electrons. The fraction of sp³-hybridized carbons (Fsp3) is 0.450. The van der Waals surface area contributed by atoms with Crippen molar-refractivity contribution in [1.29, 1.82) is 0 Å². The second-order valence-corrected chi connectivity index (χ2v) is 6.44. The highest BCUT2D eigenvalue weighted by Gasteiger charge is 2.30. The zero-order chi connectivity index (χ0) is 18.4. The number of pyridine rings is 2. The fourth-order valence-electron chi connectivity index (χ4n) is 3.70. The number of aldehydes is 1. The second kappa shape index (κ2) is 8.65. The van der Waals surface area contributed by atoms with Gasteiger partial charge < -0.3 is 14.2 Å². The van der Waals surface area contributed by atoms with Crippen molar-refractivity contribution in [1.82, 2.24) is 9.97 Å². The molecule has 0 aromatic carbocycles. The molecule has 1 aliphatic rings. The molecule has 2 aromatic rings. The van der Waals surface area contributed by atoms with Gasteiger partial charge >= 0.3 is 0 Å². The summed E-state index contributed by atoms with van der Waals surface area (Å²) in [5, 5.41) is 0. The Kier molecular flexibility index (Phi) is 6.04. The van der Waals surface area contributed by atoms with E-state index in [1.54, 1.807) is 19.5 Å². The van der Waals surface area contributed by atoms with E-state index in [2.05, 4.69) is 16.0 Å². The summed E-state index contributed by atoms with van der Waals surface area (Å²) in [7, 11) is 3.16. The summed E-state index contributed by atoms with van der Waals surface area (Å²) in [6.07, 6.45) is 10.1. The number of hydrogen-bond donors (Lipinski definition) is 0. The van der Waals surface area contributed by atoms with Gasteiger partial charge in [-0.25, -0.2) is 4.98 Å². The van der Waals surface area contributed by atoms with E-state index in [-0.39, 0.29) is 0 Å². The SMILES string of the molecule is COc1cncc(OCC2CCCCC2c2cccnc2OC)c1C=O. The predicted octanol–water partition coefficient (Wildman–Crippen LogP) is 3.66. The van der Waals surface area contributed by atoms with Crippen LogP contribution in [0.5, 0.6) is 17.4 Å². The minimum atomic E-state index is 0.325. The lowest BCUT2D eigenvalue weighted by molar-refractivity contribution is 0.111. The van der Waals surface area contributed by atoms with Crippen molar-refractivity contribution in [3.8, 4) is 17.4 Å². The van der Waals surface area contributed by atoms with Gasteiger partial charge in [0.2, 0.25) is 5.88 Å². The van der Waals surface area contributed by atoms with Crippen LogP contribution >= 0.6 is 0 Å². The molecule has 0 bridgehead atoms. The molecule has 1 saturated carbocycles. The highest BCUT2D eigenvalue weighted by atomic mass is 16.5. The Labute approximate surface area is 153 Å². The first-order valence-electron chi connectivity index (χ1n) is 8.87. The summed E-state index contributed by atoms with van der Waals surface area (Å²) < 4.78 is 16.6. The smallest absolute Gasteiger partial charge is 0.216 e. The van der Waals surface area contributed by atoms with Crippen molar-refractivity contribution < 1.29 is 19.0 Å². The van der Waals surface area contributed by atoms with Gasteiger partial charge in [-0.1, -0.05) is 18.9 Å². The van der Waals surface area contributed by atoms with Crippen molar-refractivity contribution in [2.45, 2.75) is 31.6 Å². The first-order chi connectivity index (χ1) is 12.8. The molecule has 138 valence electrons. The maximum atomic E-state index is 11.4. The highest BCUT2D eigenvalue weighted by Crippen LogP contribution is 2.41. The van der Waals surface area contributed by atoms with Gasteiger partial charge in [-0.05, 0) is 24.8 Å². The van der Waals surface area contributed by atoms with Crippen LogP contribution < -0.4 is 14.2 Å². The van der Waals surface area contributed by atoms with Gasteiger partial charge in [0, 0.05) is 17.7 Å². The molecule has 0 saturated heterocycles. The van der Waals surface area contributed by atoms with Crippen molar-refractivity contribution in [3.63, 3.8) is 0 Å². The monoisotopic (exact) mass is 356 g/mol. The molecule has 0 aliphatic heterocycles. The van der Waals surface area contributed by atoms with Crippen LogP contribution in [0.4, 0.5) is 0 Å². The standard InChI is InChI=1S/C20H24N2O4/c1-24-18-10-21-11-19(17(18)12-23)26-13-14-6-3-4-7-15(14)16-8-5-9-22-20(16)25-2/h5,8-12,14-15H,3-4,6-7,13H2,1-2H3. The molecule has 3 rings (SSSR count). The second-order valence-electron chi connectivity index (χ2n) is 6.44. The summed E-state index contributed by atoms with van der Waals surface area (Å²) in [4.78, 5) is 19.8. The number of nitrogens with zero attached hydrogens (tertiary/aromatic N) is 2. The Hall–Kier alpha value is -2.63. The number of aromatic nitrogens is 2. The number of methoxy groups -OCH3 is 2. The Morgan fingerprint density at radius 1 is 1.15 bits per heavy atom. The third-order valence-corrected chi connectivity index (χ3v) is 5.01. The maximum absolute atomic E-state index is 11.4. The third-order valence-electron chi connectivity index (χ3n) is 5.01. The van der Waals surface area contributed by atoms with Crippen LogP contribution in [-0.2, 0) is 0 Å². The molecule has 6 heteroatoms. The first kappa shape index (κ1) is 18.2. The number of carbonyl (C=O) groups is 1. The predicted molar refractivity (Wildman–Crippen MR) is 97.2 cm³/mol. The van der Waals surface area contributed by atoms with Crippen molar-refractivity contribution in [3.05, 3.63) is 41.9 Å². The van der Waals surface area contributed by atoms with Gasteiger partial charge in [0.25, 0.3) is 0 Å².